The predicted molar refractivity (Wildman–Crippen MR) is 93.0 cm³/mol. The molecule has 2 heterocycles. The van der Waals surface area contributed by atoms with Crippen molar-refractivity contribution in [1.29, 1.82) is 0 Å². The van der Waals surface area contributed by atoms with E-state index in [9.17, 15) is 4.79 Å². The summed E-state index contributed by atoms with van der Waals surface area (Å²) in [4.78, 5) is 23.3. The maximum Gasteiger partial charge on any atom is 0.250 e. The number of hydrogen-bond acceptors (Lipinski definition) is 4. The third-order valence-corrected chi connectivity index (χ3v) is 3.79. The number of pyridine rings is 1. The van der Waals surface area contributed by atoms with Gasteiger partial charge in [0.2, 0.25) is 5.91 Å². The Kier molecular flexibility index (Phi) is 5.71. The first kappa shape index (κ1) is 16.7. The van der Waals surface area contributed by atoms with Gasteiger partial charge in [-0.05, 0) is 40.9 Å². The van der Waals surface area contributed by atoms with Gasteiger partial charge in [-0.1, -0.05) is 13.8 Å². The molecule has 1 aliphatic heterocycles. The number of aromatic nitrogens is 1. The number of fused-ring (bicyclic) bond motifs is 1. The van der Waals surface area contributed by atoms with Gasteiger partial charge in [-0.3, -0.25) is 9.78 Å². The summed E-state index contributed by atoms with van der Waals surface area (Å²) in [6.45, 7) is 5.65. The molecule has 0 aromatic carbocycles. The van der Waals surface area contributed by atoms with Crippen molar-refractivity contribution in [1.82, 2.24) is 9.88 Å². The van der Waals surface area contributed by atoms with Gasteiger partial charge < -0.3 is 10.6 Å². The predicted octanol–water partition coefficient (Wildman–Crippen LogP) is 3.27. The molecule has 1 aliphatic rings. The maximum absolute atomic E-state index is 12.8. The van der Waals surface area contributed by atoms with E-state index in [0.29, 0.717) is 29.2 Å². The Morgan fingerprint density at radius 2 is 2.05 bits per heavy atom. The molecule has 22 heavy (non-hydrogen) atoms. The Hall–Kier alpha value is -1.69. The fourth-order valence-corrected chi connectivity index (χ4v) is 2.76. The van der Waals surface area contributed by atoms with Crippen LogP contribution in [0.3, 0.4) is 0 Å². The Labute approximate surface area is 139 Å². The Morgan fingerprint density at radius 3 is 2.68 bits per heavy atom. The van der Waals surface area contributed by atoms with Gasteiger partial charge in [0, 0.05) is 35.8 Å². The lowest BCUT2D eigenvalue weighted by molar-refractivity contribution is -0.127. The molecule has 118 valence electrons. The summed E-state index contributed by atoms with van der Waals surface area (Å²) in [5.74, 6) is 0.464. The third-order valence-electron chi connectivity index (χ3n) is 3.36. The number of hydrogen-bond donors (Lipinski definition) is 1. The lowest BCUT2D eigenvalue weighted by Gasteiger charge is -2.22. The van der Waals surface area contributed by atoms with Crippen molar-refractivity contribution >= 4 is 39.4 Å². The maximum atomic E-state index is 12.8. The quantitative estimate of drug-likeness (QED) is 0.871. The van der Waals surface area contributed by atoms with E-state index < -0.39 is 0 Å². The van der Waals surface area contributed by atoms with Gasteiger partial charge in [-0.2, -0.15) is 0 Å². The van der Waals surface area contributed by atoms with E-state index in [1.807, 2.05) is 17.0 Å². The normalized spacial score (nSPS) is 13.8. The first-order chi connectivity index (χ1) is 10.5. The summed E-state index contributed by atoms with van der Waals surface area (Å²) >= 11 is 3.38. The first-order valence-electron chi connectivity index (χ1n) is 7.53. The van der Waals surface area contributed by atoms with Gasteiger partial charge in [0.15, 0.2) is 0 Å². The van der Waals surface area contributed by atoms with Crippen LogP contribution >= 0.6 is 15.9 Å². The second kappa shape index (κ2) is 7.54. The molecule has 5 nitrogen and oxygen atoms in total. The molecular weight excluding hydrogens is 344 g/mol. The van der Waals surface area contributed by atoms with Crippen molar-refractivity contribution in [2.24, 2.45) is 10.7 Å². The number of aliphatic imine (C=N–C) groups is 1. The van der Waals surface area contributed by atoms with Gasteiger partial charge in [-0.15, -0.1) is 0 Å². The molecule has 1 aromatic rings. The molecule has 2 rings (SSSR count). The highest BCUT2D eigenvalue weighted by Gasteiger charge is 2.21. The molecule has 0 radical (unpaired) electrons. The largest absolute Gasteiger partial charge is 0.387 e. The fourth-order valence-electron chi connectivity index (χ4n) is 2.44. The summed E-state index contributed by atoms with van der Waals surface area (Å²) in [6.07, 6.45) is 5.74. The molecule has 0 aliphatic carbocycles. The van der Waals surface area contributed by atoms with Gasteiger partial charge in [0.05, 0.1) is 11.4 Å². The monoisotopic (exact) mass is 364 g/mol. The highest BCUT2D eigenvalue weighted by Crippen LogP contribution is 2.28. The van der Waals surface area contributed by atoms with Crippen LogP contribution in [-0.4, -0.2) is 34.7 Å². The number of carbonyl (C=O) groups excluding carboxylic acids is 1. The van der Waals surface area contributed by atoms with Crippen molar-refractivity contribution in [2.75, 3.05) is 13.1 Å². The number of amidine groups is 1. The number of rotatable bonds is 5. The summed E-state index contributed by atoms with van der Waals surface area (Å²) in [7, 11) is 0. The van der Waals surface area contributed by atoms with Crippen LogP contribution in [0.25, 0.3) is 6.08 Å². The van der Waals surface area contributed by atoms with Gasteiger partial charge in [0.25, 0.3) is 0 Å². The molecule has 0 spiro atoms. The van der Waals surface area contributed by atoms with Crippen molar-refractivity contribution in [2.45, 2.75) is 33.1 Å². The van der Waals surface area contributed by atoms with Crippen LogP contribution < -0.4 is 5.73 Å². The SMILES string of the molecule is CCCN(CCC)C(=O)C1=Cc2ncc(Br)cc2N=C(N)C1. The highest BCUT2D eigenvalue weighted by molar-refractivity contribution is 9.10. The molecule has 1 aromatic heterocycles. The van der Waals surface area contributed by atoms with E-state index in [4.69, 9.17) is 5.73 Å². The van der Waals surface area contributed by atoms with E-state index >= 15 is 0 Å². The van der Waals surface area contributed by atoms with Crippen molar-refractivity contribution in [3.8, 4) is 0 Å². The second-order valence-corrected chi connectivity index (χ2v) is 6.22. The molecule has 0 atom stereocenters. The average molecular weight is 365 g/mol. The van der Waals surface area contributed by atoms with Crippen LogP contribution in [-0.2, 0) is 4.79 Å². The Bertz CT molecular complexity index is 619. The van der Waals surface area contributed by atoms with Crippen LogP contribution in [0.2, 0.25) is 0 Å². The smallest absolute Gasteiger partial charge is 0.250 e. The number of halogens is 1. The molecule has 2 N–H and O–H groups in total. The molecular formula is C16H21BrN4O. The number of nitrogens with two attached hydrogens (primary N) is 1. The van der Waals surface area contributed by atoms with E-state index in [1.165, 1.54) is 0 Å². The zero-order chi connectivity index (χ0) is 16.1. The van der Waals surface area contributed by atoms with Crippen LogP contribution in [0.4, 0.5) is 5.69 Å². The van der Waals surface area contributed by atoms with Crippen LogP contribution in [0.15, 0.2) is 27.3 Å². The van der Waals surface area contributed by atoms with E-state index in [1.54, 1.807) is 6.20 Å². The zero-order valence-corrected chi connectivity index (χ0v) is 14.6. The Morgan fingerprint density at radius 1 is 1.36 bits per heavy atom. The molecule has 0 saturated carbocycles. The molecule has 0 unspecified atom stereocenters. The summed E-state index contributed by atoms with van der Waals surface area (Å²) in [5, 5.41) is 0. The van der Waals surface area contributed by atoms with E-state index in [0.717, 1.165) is 30.4 Å². The molecule has 0 fully saturated rings. The van der Waals surface area contributed by atoms with Gasteiger partial charge >= 0.3 is 0 Å². The van der Waals surface area contributed by atoms with E-state index in [-0.39, 0.29) is 5.91 Å². The molecule has 0 bridgehead atoms. The summed E-state index contributed by atoms with van der Waals surface area (Å²) < 4.78 is 0.838. The fraction of sp³-hybridized carbons (Fsp3) is 0.438. The zero-order valence-electron chi connectivity index (χ0n) is 13.0. The minimum atomic E-state index is 0.0272. The Balaban J connectivity index is 2.36. The molecule has 0 saturated heterocycles. The summed E-state index contributed by atoms with van der Waals surface area (Å²) in [6, 6.07) is 1.86. The molecule has 6 heteroatoms. The van der Waals surface area contributed by atoms with E-state index in [2.05, 4.69) is 39.8 Å². The topological polar surface area (TPSA) is 71.6 Å². The third kappa shape index (κ3) is 3.94. The first-order valence-corrected chi connectivity index (χ1v) is 8.32. The lowest BCUT2D eigenvalue weighted by Crippen LogP contribution is -2.34. The van der Waals surface area contributed by atoms with Gasteiger partial charge in [0.1, 0.15) is 5.84 Å². The van der Waals surface area contributed by atoms with Crippen molar-refractivity contribution in [3.63, 3.8) is 0 Å². The van der Waals surface area contributed by atoms with Crippen LogP contribution in [0.1, 0.15) is 38.8 Å². The van der Waals surface area contributed by atoms with Crippen LogP contribution in [0, 0.1) is 0 Å². The van der Waals surface area contributed by atoms with Gasteiger partial charge in [-0.25, -0.2) is 4.99 Å². The second-order valence-electron chi connectivity index (χ2n) is 5.30. The number of nitrogens with zero attached hydrogens (tertiary/aromatic N) is 3. The van der Waals surface area contributed by atoms with Crippen LogP contribution in [0.5, 0.6) is 0 Å². The summed E-state index contributed by atoms with van der Waals surface area (Å²) in [5.41, 5.74) is 7.99. The minimum absolute atomic E-state index is 0.0272. The van der Waals surface area contributed by atoms with Crippen molar-refractivity contribution in [3.05, 3.63) is 28.0 Å². The number of carbonyl (C=O) groups is 1. The highest BCUT2D eigenvalue weighted by atomic mass is 79.9. The van der Waals surface area contributed by atoms with Crippen molar-refractivity contribution < 1.29 is 4.79 Å². The minimum Gasteiger partial charge on any atom is -0.387 e. The molecule has 1 amide bonds. The lowest BCUT2D eigenvalue weighted by atomic mass is 10.1. The standard InChI is InChI=1S/C16H21BrN4O/c1-3-5-21(6-4-2)16(22)11-7-13-14(20-15(18)8-11)9-12(17)10-19-13/h7,9-10H,3-6,8H2,1-2H3,(H2,18,20). The number of amides is 1. The average Bonchev–Trinajstić information content (AvgIpc) is 2.64.